The van der Waals surface area contributed by atoms with Gasteiger partial charge in [-0.2, -0.15) is 0 Å². The molecule has 0 aliphatic carbocycles. The lowest BCUT2D eigenvalue weighted by atomic mass is 9.99. The standard InChI is InChI=1S/C61H107NO10/c1-3-5-7-9-11-13-15-28-31-35-39-43-47-54(64)53(52-71-61-60(69)59(68)58(67)55(51-63)72-61)62-56(65)48-44-40-36-32-29-25-23-21-19-17-16-18-20-22-24-26-30-34-38-42-46-50-70-57(66)49-45-41-37-33-27-14-12-10-8-6-4-2/h9-12,26,28,30-31,38,42-43,47,53-55,58-61,63-64,67-69H,3-8,13-25,27,29,32-37,39-41,44-46,48-52H2,1-2H3,(H,62,65)/b11-9+,12-10-,30-26-,31-28+,42-38-,47-43+. The van der Waals surface area contributed by atoms with Crippen LogP contribution in [-0.4, -0.2) is 100 Å². The van der Waals surface area contributed by atoms with E-state index < -0.39 is 49.5 Å². The van der Waals surface area contributed by atoms with Crippen molar-refractivity contribution in [1.82, 2.24) is 5.32 Å². The highest BCUT2D eigenvalue weighted by molar-refractivity contribution is 5.76. The van der Waals surface area contributed by atoms with E-state index >= 15 is 0 Å². The molecule has 0 aromatic heterocycles. The van der Waals surface area contributed by atoms with Crippen molar-refractivity contribution in [2.75, 3.05) is 19.8 Å². The number of aliphatic hydroxyl groups is 5. The molecule has 1 fully saturated rings. The highest BCUT2D eigenvalue weighted by Gasteiger charge is 2.44. The lowest BCUT2D eigenvalue weighted by Crippen LogP contribution is -2.60. The van der Waals surface area contributed by atoms with E-state index in [0.717, 1.165) is 89.9 Å². The van der Waals surface area contributed by atoms with E-state index in [9.17, 15) is 35.1 Å². The van der Waals surface area contributed by atoms with Crippen LogP contribution in [0.2, 0.25) is 0 Å². The SMILES string of the molecule is CCCC/C=C\CCCCCCCC(=O)OCC/C=C\C/C=C\CCCCCCCCCCCCCCCCC(=O)NC(COC1OC(CO)C(O)C(O)C1O)C(O)/C=C/CC/C=C/CC/C=C/CCCC. The van der Waals surface area contributed by atoms with Gasteiger partial charge in [0.15, 0.2) is 6.29 Å². The Morgan fingerprint density at radius 2 is 0.944 bits per heavy atom. The van der Waals surface area contributed by atoms with Crippen molar-refractivity contribution in [3.63, 3.8) is 0 Å². The van der Waals surface area contributed by atoms with Crippen LogP contribution in [0.25, 0.3) is 0 Å². The fraction of sp³-hybridized carbons (Fsp3) is 0.770. The smallest absolute Gasteiger partial charge is 0.305 e. The van der Waals surface area contributed by atoms with Gasteiger partial charge in [-0.15, -0.1) is 0 Å². The average Bonchev–Trinajstić information content (AvgIpc) is 3.38. The van der Waals surface area contributed by atoms with Crippen molar-refractivity contribution in [2.45, 2.75) is 281 Å². The maximum Gasteiger partial charge on any atom is 0.305 e. The van der Waals surface area contributed by atoms with Crippen LogP contribution in [0.5, 0.6) is 0 Å². The van der Waals surface area contributed by atoms with Crippen LogP contribution in [0.15, 0.2) is 72.9 Å². The van der Waals surface area contributed by atoms with Gasteiger partial charge in [-0.25, -0.2) is 0 Å². The van der Waals surface area contributed by atoms with Gasteiger partial charge in [-0.05, 0) is 89.9 Å². The Morgan fingerprint density at radius 3 is 1.46 bits per heavy atom. The van der Waals surface area contributed by atoms with Crippen LogP contribution in [0.1, 0.15) is 239 Å². The summed E-state index contributed by atoms with van der Waals surface area (Å²) in [6.07, 6.45) is 55.8. The molecule has 1 aliphatic rings. The van der Waals surface area contributed by atoms with E-state index in [0.29, 0.717) is 19.4 Å². The summed E-state index contributed by atoms with van der Waals surface area (Å²) in [5, 5.41) is 54.3. The molecular formula is C61H107NO10. The van der Waals surface area contributed by atoms with Crippen LogP contribution in [0.3, 0.4) is 0 Å². The van der Waals surface area contributed by atoms with Crippen LogP contribution in [-0.2, 0) is 23.8 Å². The molecule has 1 rings (SSSR count). The Balaban J connectivity index is 2.11. The maximum atomic E-state index is 13.0. The Morgan fingerprint density at radius 1 is 0.514 bits per heavy atom. The molecule has 0 aromatic carbocycles. The van der Waals surface area contributed by atoms with E-state index in [1.807, 2.05) is 6.08 Å². The Hall–Kier alpha value is -2.90. The van der Waals surface area contributed by atoms with E-state index in [2.05, 4.69) is 79.9 Å². The zero-order valence-electron chi connectivity index (χ0n) is 45.6. The first-order chi connectivity index (χ1) is 35.2. The second-order valence-electron chi connectivity index (χ2n) is 20.0. The minimum atomic E-state index is -1.58. The van der Waals surface area contributed by atoms with E-state index in [4.69, 9.17) is 14.2 Å². The first-order valence-corrected chi connectivity index (χ1v) is 29.2. The number of ether oxygens (including phenoxy) is 3. The monoisotopic (exact) mass is 1010 g/mol. The first-order valence-electron chi connectivity index (χ1n) is 29.2. The fourth-order valence-corrected chi connectivity index (χ4v) is 8.56. The quantitative estimate of drug-likeness (QED) is 0.0195. The van der Waals surface area contributed by atoms with Crippen molar-refractivity contribution in [2.24, 2.45) is 0 Å². The lowest BCUT2D eigenvalue weighted by molar-refractivity contribution is -0.302. The van der Waals surface area contributed by atoms with Crippen molar-refractivity contribution >= 4 is 11.9 Å². The largest absolute Gasteiger partial charge is 0.465 e. The topological polar surface area (TPSA) is 175 Å². The highest BCUT2D eigenvalue weighted by Crippen LogP contribution is 2.23. The van der Waals surface area contributed by atoms with Gasteiger partial charge in [0.1, 0.15) is 24.4 Å². The number of hydrogen-bond acceptors (Lipinski definition) is 10. The first kappa shape index (κ1) is 67.1. The predicted octanol–water partition coefficient (Wildman–Crippen LogP) is 13.2. The molecule has 72 heavy (non-hydrogen) atoms. The van der Waals surface area contributed by atoms with Crippen LogP contribution < -0.4 is 5.32 Å². The van der Waals surface area contributed by atoms with Crippen LogP contribution in [0, 0.1) is 0 Å². The van der Waals surface area contributed by atoms with Crippen molar-refractivity contribution in [3.8, 4) is 0 Å². The minimum Gasteiger partial charge on any atom is -0.465 e. The van der Waals surface area contributed by atoms with Crippen molar-refractivity contribution < 1.29 is 49.3 Å². The third-order valence-corrected chi connectivity index (χ3v) is 13.3. The number of hydrogen-bond donors (Lipinski definition) is 6. The second-order valence-corrected chi connectivity index (χ2v) is 20.0. The second kappa shape index (κ2) is 50.3. The zero-order valence-corrected chi connectivity index (χ0v) is 45.6. The molecule has 1 saturated heterocycles. The third-order valence-electron chi connectivity index (χ3n) is 13.3. The Kier molecular flexibility index (Phi) is 46.9. The minimum absolute atomic E-state index is 0.0615. The molecule has 1 heterocycles. The number of amides is 1. The van der Waals surface area contributed by atoms with E-state index in [1.165, 1.54) is 122 Å². The normalized spacial score (nSPS) is 19.6. The highest BCUT2D eigenvalue weighted by atomic mass is 16.7. The molecule has 0 aromatic rings. The molecule has 11 heteroatoms. The molecule has 1 aliphatic heterocycles. The average molecular weight is 1010 g/mol. The zero-order chi connectivity index (χ0) is 52.4. The van der Waals surface area contributed by atoms with Crippen LogP contribution in [0.4, 0.5) is 0 Å². The molecule has 6 N–H and O–H groups in total. The van der Waals surface area contributed by atoms with Gasteiger partial charge in [0, 0.05) is 12.8 Å². The molecule has 0 bridgehead atoms. The number of unbranched alkanes of at least 4 members (excludes halogenated alkanes) is 25. The Bertz CT molecular complexity index is 1430. The molecular weight excluding hydrogens is 907 g/mol. The summed E-state index contributed by atoms with van der Waals surface area (Å²) in [5.74, 6) is -0.266. The fourth-order valence-electron chi connectivity index (χ4n) is 8.56. The molecule has 0 radical (unpaired) electrons. The van der Waals surface area contributed by atoms with Crippen molar-refractivity contribution in [3.05, 3.63) is 72.9 Å². The van der Waals surface area contributed by atoms with Gasteiger partial charge in [0.25, 0.3) is 0 Å². The van der Waals surface area contributed by atoms with Gasteiger partial charge >= 0.3 is 5.97 Å². The Labute approximate surface area is 439 Å². The van der Waals surface area contributed by atoms with E-state index in [1.54, 1.807) is 6.08 Å². The predicted molar refractivity (Wildman–Crippen MR) is 296 cm³/mol. The number of rotatable bonds is 49. The summed E-state index contributed by atoms with van der Waals surface area (Å²) in [5.41, 5.74) is 0. The molecule has 0 saturated carbocycles. The third kappa shape index (κ3) is 39.5. The summed E-state index contributed by atoms with van der Waals surface area (Å²) in [7, 11) is 0. The van der Waals surface area contributed by atoms with Gasteiger partial charge < -0.3 is 45.1 Å². The maximum absolute atomic E-state index is 13.0. The molecule has 416 valence electrons. The molecule has 1 amide bonds. The summed E-state index contributed by atoms with van der Waals surface area (Å²) in [4.78, 5) is 25.0. The summed E-state index contributed by atoms with van der Waals surface area (Å²) < 4.78 is 16.6. The number of esters is 1. The van der Waals surface area contributed by atoms with Gasteiger partial charge in [-0.3, -0.25) is 9.59 Å². The van der Waals surface area contributed by atoms with Crippen LogP contribution >= 0.6 is 0 Å². The lowest BCUT2D eigenvalue weighted by Gasteiger charge is -2.40. The van der Waals surface area contributed by atoms with Crippen molar-refractivity contribution in [1.29, 1.82) is 0 Å². The number of nitrogens with one attached hydrogen (secondary N) is 1. The molecule has 0 spiro atoms. The molecule has 7 unspecified atom stereocenters. The summed E-state index contributed by atoms with van der Waals surface area (Å²) >= 11 is 0. The molecule has 7 atom stereocenters. The van der Waals surface area contributed by atoms with Gasteiger partial charge in [0.05, 0.1) is 32.0 Å². The van der Waals surface area contributed by atoms with Gasteiger partial charge in [-0.1, -0.05) is 209 Å². The van der Waals surface area contributed by atoms with Gasteiger partial charge in [0.2, 0.25) is 5.91 Å². The molecule has 11 nitrogen and oxygen atoms in total. The number of aliphatic hydroxyl groups excluding tert-OH is 5. The number of allylic oxidation sites excluding steroid dienone is 10. The summed E-state index contributed by atoms with van der Waals surface area (Å²) in [6, 6.07) is -0.840. The number of carbonyl (C=O) groups excluding carboxylic acids is 2. The number of carbonyl (C=O) groups is 2. The summed E-state index contributed by atoms with van der Waals surface area (Å²) in [6.45, 7) is 4.11. The van der Waals surface area contributed by atoms with E-state index in [-0.39, 0.29) is 18.5 Å².